The summed E-state index contributed by atoms with van der Waals surface area (Å²) in [5.41, 5.74) is 7.47. The molecule has 10 heteroatoms. The van der Waals surface area contributed by atoms with Gasteiger partial charge in [-0.1, -0.05) is 41.9 Å². The van der Waals surface area contributed by atoms with Crippen molar-refractivity contribution in [3.8, 4) is 0 Å². The smallest absolute Gasteiger partial charge is 0.244 e. The van der Waals surface area contributed by atoms with Gasteiger partial charge in [-0.05, 0) is 38.0 Å². The minimum Gasteiger partial charge on any atom is -0.347 e. The molecule has 3 amide bonds. The molecule has 3 rings (SSSR count). The van der Waals surface area contributed by atoms with Crippen molar-refractivity contribution in [1.82, 2.24) is 25.8 Å². The lowest BCUT2D eigenvalue weighted by Crippen LogP contribution is -2.61. The molecule has 0 aliphatic carbocycles. The molecule has 2 aromatic rings. The fourth-order valence-electron chi connectivity index (χ4n) is 3.81. The molecule has 1 aromatic carbocycles. The number of fused-ring (bicyclic) bond motifs is 1. The van der Waals surface area contributed by atoms with Crippen molar-refractivity contribution in [1.29, 1.82) is 0 Å². The molecule has 184 valence electrons. The summed E-state index contributed by atoms with van der Waals surface area (Å²) in [6.45, 7) is 8.36. The number of hydrogen-bond acceptors (Lipinski definition) is 6. The highest BCUT2D eigenvalue weighted by atomic mass is 79.9. The highest BCUT2D eigenvalue weighted by Gasteiger charge is 2.32. The molecule has 0 saturated carbocycles. The van der Waals surface area contributed by atoms with Crippen LogP contribution >= 0.6 is 15.9 Å². The van der Waals surface area contributed by atoms with E-state index < -0.39 is 18.1 Å². The second kappa shape index (κ2) is 11.2. The van der Waals surface area contributed by atoms with E-state index in [0.29, 0.717) is 13.1 Å². The van der Waals surface area contributed by atoms with Crippen LogP contribution in [0.25, 0.3) is 10.9 Å². The molecule has 1 aliphatic heterocycles. The van der Waals surface area contributed by atoms with Gasteiger partial charge in [0.25, 0.3) is 0 Å². The highest BCUT2D eigenvalue weighted by molar-refractivity contribution is 9.10. The Hall–Kier alpha value is -2.56. The zero-order chi connectivity index (χ0) is 25.0. The van der Waals surface area contributed by atoms with Crippen LogP contribution < -0.4 is 21.7 Å². The summed E-state index contributed by atoms with van der Waals surface area (Å²) < 4.78 is 0.939. The lowest BCUT2D eigenvalue weighted by Gasteiger charge is -2.35. The summed E-state index contributed by atoms with van der Waals surface area (Å²) >= 11 is 3.46. The number of nitrogens with zero attached hydrogens (tertiary/aromatic N) is 2. The van der Waals surface area contributed by atoms with Crippen molar-refractivity contribution in [2.45, 2.75) is 51.9 Å². The molecule has 0 bridgehead atoms. The first-order valence-electron chi connectivity index (χ1n) is 11.5. The number of pyridine rings is 1. The van der Waals surface area contributed by atoms with Gasteiger partial charge in [0.2, 0.25) is 17.7 Å². The number of piperazine rings is 1. The van der Waals surface area contributed by atoms with E-state index in [1.807, 2.05) is 51.1 Å². The zero-order valence-corrected chi connectivity index (χ0v) is 21.6. The minimum atomic E-state index is -0.723. The first-order valence-corrected chi connectivity index (χ1v) is 12.3. The molecule has 0 radical (unpaired) electrons. The predicted octanol–water partition coefficient (Wildman–Crippen LogP) is 1.46. The number of hydrogen-bond donors (Lipinski definition) is 4. The van der Waals surface area contributed by atoms with Crippen molar-refractivity contribution in [2.75, 3.05) is 19.6 Å². The van der Waals surface area contributed by atoms with E-state index in [1.165, 1.54) is 0 Å². The van der Waals surface area contributed by atoms with Crippen LogP contribution in [0.4, 0.5) is 0 Å². The van der Waals surface area contributed by atoms with Crippen molar-refractivity contribution in [3.63, 3.8) is 0 Å². The number of nitrogens with one attached hydrogen (secondary N) is 3. The van der Waals surface area contributed by atoms with Gasteiger partial charge in [-0.3, -0.25) is 19.4 Å². The van der Waals surface area contributed by atoms with Crippen molar-refractivity contribution >= 4 is 44.6 Å². The average molecular weight is 533 g/mol. The summed E-state index contributed by atoms with van der Waals surface area (Å²) in [6.07, 6.45) is 0. The fraction of sp³-hybridized carbons (Fsp3) is 0.500. The number of halogens is 1. The molecule has 0 unspecified atom stereocenters. The molecule has 1 saturated heterocycles. The minimum absolute atomic E-state index is 0.0322. The van der Waals surface area contributed by atoms with Crippen molar-refractivity contribution in [3.05, 3.63) is 40.5 Å². The summed E-state index contributed by atoms with van der Waals surface area (Å²) in [4.78, 5) is 44.3. The number of benzene rings is 1. The van der Waals surface area contributed by atoms with E-state index in [0.717, 1.165) is 21.1 Å². The first kappa shape index (κ1) is 26.1. The van der Waals surface area contributed by atoms with E-state index in [4.69, 9.17) is 5.73 Å². The van der Waals surface area contributed by atoms with Gasteiger partial charge >= 0.3 is 0 Å². The molecular formula is C24H33BrN6O3. The quantitative estimate of drug-likeness (QED) is 0.427. The largest absolute Gasteiger partial charge is 0.347 e. The molecule has 5 N–H and O–H groups in total. The van der Waals surface area contributed by atoms with Gasteiger partial charge in [0.15, 0.2) is 0 Å². The Balaban J connectivity index is 1.59. The SMILES string of the molecule is CC(C)[C@H](N)C(=O)N[C@@H](C)C(=O)N1CCN[C@H](C(=O)N[C@H](C)c2ccc3ccc(Br)cc3n2)C1. The highest BCUT2D eigenvalue weighted by Crippen LogP contribution is 2.21. The summed E-state index contributed by atoms with van der Waals surface area (Å²) in [6, 6.07) is 7.49. The standard InChI is InChI=1S/C24H33BrN6O3/c1-13(2)21(26)23(33)29-15(4)24(34)31-10-9-27-20(12-31)22(32)28-14(3)18-8-6-16-5-7-17(25)11-19(16)30-18/h5-8,11,13-15,20-21,27H,9-10,12,26H2,1-4H3,(H,28,32)(H,29,33)/t14-,15+,20+,21+/m1/s1. The van der Waals surface area contributed by atoms with Crippen LogP contribution in [-0.2, 0) is 14.4 Å². The number of carbonyl (C=O) groups excluding carboxylic acids is 3. The molecule has 1 fully saturated rings. The Kier molecular flexibility index (Phi) is 8.62. The third-order valence-corrected chi connectivity index (χ3v) is 6.53. The Morgan fingerprint density at radius 2 is 1.85 bits per heavy atom. The van der Waals surface area contributed by atoms with Gasteiger partial charge in [0.05, 0.1) is 23.3 Å². The second-order valence-electron chi connectivity index (χ2n) is 9.09. The zero-order valence-electron chi connectivity index (χ0n) is 20.0. The molecule has 9 nitrogen and oxygen atoms in total. The Labute approximate surface area is 208 Å². The normalized spacial score (nSPS) is 18.9. The van der Waals surface area contributed by atoms with Gasteiger partial charge in [0, 0.05) is 29.5 Å². The monoisotopic (exact) mass is 532 g/mol. The van der Waals surface area contributed by atoms with E-state index in [1.54, 1.807) is 11.8 Å². The Morgan fingerprint density at radius 1 is 1.15 bits per heavy atom. The summed E-state index contributed by atoms with van der Waals surface area (Å²) in [5.74, 6) is -0.836. The van der Waals surface area contributed by atoms with Crippen LogP contribution in [0.5, 0.6) is 0 Å². The maximum Gasteiger partial charge on any atom is 0.244 e. The van der Waals surface area contributed by atoms with E-state index in [2.05, 4.69) is 36.9 Å². The summed E-state index contributed by atoms with van der Waals surface area (Å²) in [5, 5.41) is 9.87. The van der Waals surface area contributed by atoms with Crippen LogP contribution in [-0.4, -0.2) is 65.4 Å². The van der Waals surface area contributed by atoms with Crippen LogP contribution in [0.3, 0.4) is 0 Å². The van der Waals surface area contributed by atoms with Crippen molar-refractivity contribution < 1.29 is 14.4 Å². The molecule has 1 aromatic heterocycles. The second-order valence-corrected chi connectivity index (χ2v) is 10.0. The number of amides is 3. The van der Waals surface area contributed by atoms with Crippen LogP contribution in [0.1, 0.15) is 39.4 Å². The number of rotatable bonds is 7. The number of nitrogens with two attached hydrogens (primary N) is 1. The Morgan fingerprint density at radius 3 is 2.56 bits per heavy atom. The fourth-order valence-corrected chi connectivity index (χ4v) is 4.16. The molecule has 2 heterocycles. The molecule has 4 atom stereocenters. The first-order chi connectivity index (χ1) is 16.1. The van der Waals surface area contributed by atoms with Crippen LogP contribution in [0.2, 0.25) is 0 Å². The molecular weight excluding hydrogens is 500 g/mol. The molecule has 1 aliphatic rings. The maximum atomic E-state index is 12.9. The van der Waals surface area contributed by atoms with Gasteiger partial charge in [-0.2, -0.15) is 0 Å². The number of aromatic nitrogens is 1. The Bertz CT molecular complexity index is 1060. The lowest BCUT2D eigenvalue weighted by molar-refractivity contribution is -0.138. The van der Waals surface area contributed by atoms with Gasteiger partial charge in [-0.15, -0.1) is 0 Å². The van der Waals surface area contributed by atoms with Crippen LogP contribution in [0, 0.1) is 5.92 Å². The number of carbonyl (C=O) groups is 3. The van der Waals surface area contributed by atoms with Crippen molar-refractivity contribution in [2.24, 2.45) is 11.7 Å². The van der Waals surface area contributed by atoms with E-state index >= 15 is 0 Å². The third-order valence-electron chi connectivity index (χ3n) is 6.03. The summed E-state index contributed by atoms with van der Waals surface area (Å²) in [7, 11) is 0. The van der Waals surface area contributed by atoms with Crippen LogP contribution in [0.15, 0.2) is 34.8 Å². The van der Waals surface area contributed by atoms with E-state index in [9.17, 15) is 14.4 Å². The lowest BCUT2D eigenvalue weighted by atomic mass is 10.0. The average Bonchev–Trinajstić information content (AvgIpc) is 2.82. The molecule has 34 heavy (non-hydrogen) atoms. The maximum absolute atomic E-state index is 12.9. The third kappa shape index (κ3) is 6.31. The molecule has 0 spiro atoms. The predicted molar refractivity (Wildman–Crippen MR) is 135 cm³/mol. The van der Waals surface area contributed by atoms with E-state index in [-0.39, 0.29) is 36.2 Å². The topological polar surface area (TPSA) is 129 Å². The van der Waals surface area contributed by atoms with Gasteiger partial charge < -0.3 is 26.6 Å². The van der Waals surface area contributed by atoms with Gasteiger partial charge in [0.1, 0.15) is 12.1 Å². The van der Waals surface area contributed by atoms with Gasteiger partial charge in [-0.25, -0.2) is 0 Å².